The van der Waals surface area contributed by atoms with E-state index in [1.54, 1.807) is 0 Å². The van der Waals surface area contributed by atoms with Crippen LogP contribution in [0.25, 0.3) is 0 Å². The molecule has 1 atom stereocenters. The van der Waals surface area contributed by atoms with Crippen LogP contribution < -0.4 is 5.32 Å². The molecule has 1 unspecified atom stereocenters. The number of dihydropyridines is 1. The van der Waals surface area contributed by atoms with E-state index in [9.17, 15) is 0 Å². The van der Waals surface area contributed by atoms with Gasteiger partial charge in [0, 0.05) is 12.6 Å². The summed E-state index contributed by atoms with van der Waals surface area (Å²) in [5.41, 5.74) is 1.41. The molecule has 0 aromatic rings. The Morgan fingerprint density at radius 2 is 2.60 bits per heavy atom. The van der Waals surface area contributed by atoms with Gasteiger partial charge in [-0.25, -0.2) is 0 Å². The predicted molar refractivity (Wildman–Crippen MR) is 42.1 cm³/mol. The number of hydrogen-bond acceptors (Lipinski definition) is 2. The Kier molecular flexibility index (Phi) is 1.31. The van der Waals surface area contributed by atoms with Crippen molar-refractivity contribution < 1.29 is 0 Å². The zero-order valence-electron chi connectivity index (χ0n) is 5.75. The average molecular weight is 134 g/mol. The van der Waals surface area contributed by atoms with Crippen LogP contribution in [0.2, 0.25) is 0 Å². The van der Waals surface area contributed by atoms with Gasteiger partial charge in [0.05, 0.1) is 12.6 Å². The van der Waals surface area contributed by atoms with E-state index in [1.807, 2.05) is 18.5 Å². The van der Waals surface area contributed by atoms with Gasteiger partial charge in [-0.15, -0.1) is 0 Å². The topological polar surface area (TPSA) is 24.4 Å². The summed E-state index contributed by atoms with van der Waals surface area (Å²) in [5, 5.41) is 3.28. The van der Waals surface area contributed by atoms with Gasteiger partial charge >= 0.3 is 0 Å². The Balaban J connectivity index is 2.23. The molecule has 10 heavy (non-hydrogen) atoms. The van der Waals surface area contributed by atoms with Crippen LogP contribution in [0.5, 0.6) is 0 Å². The maximum absolute atomic E-state index is 4.19. The molecule has 0 spiro atoms. The molecule has 2 heteroatoms. The van der Waals surface area contributed by atoms with E-state index in [0.29, 0.717) is 6.04 Å². The molecule has 0 aromatic heterocycles. The lowest BCUT2D eigenvalue weighted by Gasteiger charge is -2.23. The summed E-state index contributed by atoms with van der Waals surface area (Å²) in [7, 11) is 0. The fourth-order valence-corrected chi connectivity index (χ4v) is 1.30. The van der Waals surface area contributed by atoms with Gasteiger partial charge in [0.15, 0.2) is 0 Å². The Bertz CT molecular complexity index is 213. The quantitative estimate of drug-likeness (QED) is 0.522. The van der Waals surface area contributed by atoms with E-state index >= 15 is 0 Å². The van der Waals surface area contributed by atoms with Gasteiger partial charge < -0.3 is 5.32 Å². The summed E-state index contributed by atoms with van der Waals surface area (Å²) in [6.07, 6.45) is 9.21. The van der Waals surface area contributed by atoms with Crippen LogP contribution in [0.4, 0.5) is 0 Å². The zero-order chi connectivity index (χ0) is 6.81. The minimum atomic E-state index is 0.530. The fraction of sp³-hybridized carbons (Fsp3) is 0.375. The Hall–Kier alpha value is -1.05. The second-order valence-corrected chi connectivity index (χ2v) is 2.58. The third-order valence-corrected chi connectivity index (χ3v) is 1.90. The van der Waals surface area contributed by atoms with Gasteiger partial charge in [-0.05, 0) is 17.8 Å². The normalized spacial score (nSPS) is 28.8. The van der Waals surface area contributed by atoms with Crippen molar-refractivity contribution in [2.24, 2.45) is 4.99 Å². The first-order valence-electron chi connectivity index (χ1n) is 3.57. The second-order valence-electron chi connectivity index (χ2n) is 2.58. The minimum absolute atomic E-state index is 0.530. The summed E-state index contributed by atoms with van der Waals surface area (Å²) in [6.45, 7) is 0.877. The first-order valence-corrected chi connectivity index (χ1v) is 3.57. The zero-order valence-corrected chi connectivity index (χ0v) is 5.75. The van der Waals surface area contributed by atoms with Crippen LogP contribution in [0, 0.1) is 0 Å². The first-order chi connectivity index (χ1) is 4.97. The maximum Gasteiger partial charge on any atom is 0.0618 e. The molecule has 0 aliphatic carbocycles. The molecule has 2 rings (SSSR count). The summed E-state index contributed by atoms with van der Waals surface area (Å²) >= 11 is 0. The molecule has 0 fully saturated rings. The van der Waals surface area contributed by atoms with E-state index in [-0.39, 0.29) is 0 Å². The van der Waals surface area contributed by atoms with Crippen LogP contribution in [0.3, 0.4) is 0 Å². The van der Waals surface area contributed by atoms with Crippen molar-refractivity contribution in [3.05, 3.63) is 23.9 Å². The molecular weight excluding hydrogens is 124 g/mol. The smallest absolute Gasteiger partial charge is 0.0618 e. The number of allylic oxidation sites excluding steroid dienone is 2. The molecule has 2 nitrogen and oxygen atoms in total. The van der Waals surface area contributed by atoms with Crippen molar-refractivity contribution in [1.82, 2.24) is 5.32 Å². The molecule has 52 valence electrons. The predicted octanol–water partition coefficient (Wildman–Crippen LogP) is 0.873. The highest BCUT2D eigenvalue weighted by Gasteiger charge is 2.15. The van der Waals surface area contributed by atoms with E-state index in [4.69, 9.17) is 0 Å². The van der Waals surface area contributed by atoms with Crippen LogP contribution >= 0.6 is 0 Å². The Labute approximate surface area is 60.3 Å². The monoisotopic (exact) mass is 134 g/mol. The van der Waals surface area contributed by atoms with E-state index in [1.165, 1.54) is 5.57 Å². The van der Waals surface area contributed by atoms with E-state index in [2.05, 4.69) is 16.4 Å². The molecule has 0 bridgehead atoms. The summed E-state index contributed by atoms with van der Waals surface area (Å²) < 4.78 is 0. The fourth-order valence-electron chi connectivity index (χ4n) is 1.30. The lowest BCUT2D eigenvalue weighted by molar-refractivity contribution is 0.657. The molecule has 0 aromatic carbocycles. The summed E-state index contributed by atoms with van der Waals surface area (Å²) in [6, 6.07) is 0.530. The molecular formula is C8H10N2. The molecule has 0 radical (unpaired) electrons. The number of nitrogens with one attached hydrogen (secondary N) is 1. The number of nitrogens with zero attached hydrogens (tertiary/aromatic N) is 1. The summed E-state index contributed by atoms with van der Waals surface area (Å²) in [5.74, 6) is 0. The number of hydrogen-bond donors (Lipinski definition) is 1. The highest BCUT2D eigenvalue weighted by molar-refractivity contribution is 5.62. The number of fused-ring (bicyclic) bond motifs is 1. The van der Waals surface area contributed by atoms with E-state index in [0.717, 1.165) is 13.0 Å². The van der Waals surface area contributed by atoms with Gasteiger partial charge in [-0.3, -0.25) is 4.99 Å². The highest BCUT2D eigenvalue weighted by atomic mass is 14.9. The SMILES string of the molecule is C1=CNC2CC=NCC2=C1. The minimum Gasteiger partial charge on any atom is -0.384 e. The third kappa shape index (κ3) is 0.856. The van der Waals surface area contributed by atoms with Crippen molar-refractivity contribution in [3.63, 3.8) is 0 Å². The van der Waals surface area contributed by atoms with Gasteiger partial charge in [-0.1, -0.05) is 6.08 Å². The molecule has 2 aliphatic rings. The van der Waals surface area contributed by atoms with Crippen molar-refractivity contribution in [2.45, 2.75) is 12.5 Å². The molecule has 0 saturated heterocycles. The van der Waals surface area contributed by atoms with Gasteiger partial charge in [-0.2, -0.15) is 0 Å². The second kappa shape index (κ2) is 2.29. The first kappa shape index (κ1) is 5.71. The summed E-state index contributed by atoms with van der Waals surface area (Å²) in [4.78, 5) is 4.19. The van der Waals surface area contributed by atoms with Gasteiger partial charge in [0.25, 0.3) is 0 Å². The Morgan fingerprint density at radius 1 is 1.60 bits per heavy atom. The molecule has 0 amide bonds. The van der Waals surface area contributed by atoms with Crippen LogP contribution in [-0.4, -0.2) is 18.8 Å². The average Bonchev–Trinajstić information content (AvgIpc) is 2.05. The van der Waals surface area contributed by atoms with Crippen LogP contribution in [0.15, 0.2) is 28.9 Å². The van der Waals surface area contributed by atoms with Crippen molar-refractivity contribution in [1.29, 1.82) is 0 Å². The maximum atomic E-state index is 4.19. The van der Waals surface area contributed by atoms with Crippen molar-refractivity contribution >= 4 is 6.21 Å². The largest absolute Gasteiger partial charge is 0.384 e. The third-order valence-electron chi connectivity index (χ3n) is 1.90. The lowest BCUT2D eigenvalue weighted by Crippen LogP contribution is -2.32. The van der Waals surface area contributed by atoms with Gasteiger partial charge in [0.2, 0.25) is 0 Å². The molecule has 2 heterocycles. The van der Waals surface area contributed by atoms with Crippen molar-refractivity contribution in [3.8, 4) is 0 Å². The molecule has 2 aliphatic heterocycles. The molecule has 1 N–H and O–H groups in total. The van der Waals surface area contributed by atoms with E-state index < -0.39 is 0 Å². The van der Waals surface area contributed by atoms with Gasteiger partial charge in [0.1, 0.15) is 0 Å². The lowest BCUT2D eigenvalue weighted by atomic mass is 10.0. The van der Waals surface area contributed by atoms with Crippen LogP contribution in [-0.2, 0) is 0 Å². The highest BCUT2D eigenvalue weighted by Crippen LogP contribution is 2.13. The van der Waals surface area contributed by atoms with Crippen molar-refractivity contribution in [2.75, 3.05) is 6.54 Å². The van der Waals surface area contributed by atoms with Crippen LogP contribution in [0.1, 0.15) is 6.42 Å². The number of rotatable bonds is 0. The molecule has 0 saturated carbocycles. The Morgan fingerprint density at radius 3 is 3.50 bits per heavy atom. The number of aliphatic imine (C=N–C) groups is 1. The standard InChI is InChI=1S/C8H10N2/c1-2-7-6-9-5-3-8(7)10-4-1/h1-2,4-5,8,10H,3,6H2.